The number of thiophene rings is 1. The molecule has 0 radical (unpaired) electrons. The Balaban J connectivity index is 1.96. The second kappa shape index (κ2) is 5.41. The van der Waals surface area contributed by atoms with Gasteiger partial charge in [0, 0.05) is 20.8 Å². The molecule has 3 heteroatoms. The van der Waals surface area contributed by atoms with Gasteiger partial charge in [-0.2, -0.15) is 0 Å². The van der Waals surface area contributed by atoms with Gasteiger partial charge < -0.3 is 5.32 Å². The number of halogens is 1. The molecule has 1 aromatic heterocycles. The molecule has 0 spiro atoms. The second-order valence-electron chi connectivity index (χ2n) is 5.80. The molecule has 1 saturated carbocycles. The fraction of sp³-hybridized carbons (Fsp3) is 0.714. The topological polar surface area (TPSA) is 12.0 Å². The van der Waals surface area contributed by atoms with E-state index in [1.54, 1.807) is 0 Å². The summed E-state index contributed by atoms with van der Waals surface area (Å²) in [4.78, 5) is 1.49. The highest BCUT2D eigenvalue weighted by molar-refractivity contribution is 9.10. The SMILES string of the molecule is CCCNC(Cc1cc(Br)cs1)C1CC1(C)C. The summed E-state index contributed by atoms with van der Waals surface area (Å²) < 4.78 is 1.22. The Hall–Kier alpha value is 0.140. The van der Waals surface area contributed by atoms with Crippen molar-refractivity contribution in [3.8, 4) is 0 Å². The summed E-state index contributed by atoms with van der Waals surface area (Å²) in [5.41, 5.74) is 0.555. The Morgan fingerprint density at radius 2 is 2.29 bits per heavy atom. The average molecular weight is 316 g/mol. The third-order valence-electron chi connectivity index (χ3n) is 3.77. The van der Waals surface area contributed by atoms with Gasteiger partial charge in [0.25, 0.3) is 0 Å². The quantitative estimate of drug-likeness (QED) is 0.816. The van der Waals surface area contributed by atoms with E-state index in [2.05, 4.69) is 53.5 Å². The molecule has 1 nitrogen and oxygen atoms in total. The molecule has 2 rings (SSSR count). The molecule has 0 aliphatic heterocycles. The molecule has 17 heavy (non-hydrogen) atoms. The number of hydrogen-bond donors (Lipinski definition) is 1. The normalized spacial score (nSPS) is 23.6. The first-order chi connectivity index (χ1) is 8.03. The summed E-state index contributed by atoms with van der Waals surface area (Å²) in [6.45, 7) is 8.17. The van der Waals surface area contributed by atoms with Crippen LogP contribution in [0.4, 0.5) is 0 Å². The van der Waals surface area contributed by atoms with Crippen LogP contribution in [0.5, 0.6) is 0 Å². The summed E-state index contributed by atoms with van der Waals surface area (Å²) >= 11 is 5.41. The van der Waals surface area contributed by atoms with Gasteiger partial charge in [-0.15, -0.1) is 11.3 Å². The molecule has 0 bridgehead atoms. The van der Waals surface area contributed by atoms with Crippen LogP contribution >= 0.6 is 27.3 Å². The average Bonchev–Trinajstić information content (AvgIpc) is 2.69. The second-order valence-corrected chi connectivity index (χ2v) is 7.71. The van der Waals surface area contributed by atoms with Crippen molar-refractivity contribution in [2.75, 3.05) is 6.54 Å². The molecular formula is C14H22BrNS. The lowest BCUT2D eigenvalue weighted by Gasteiger charge is -2.19. The predicted molar refractivity (Wildman–Crippen MR) is 79.7 cm³/mol. The van der Waals surface area contributed by atoms with Crippen LogP contribution in [0.1, 0.15) is 38.5 Å². The molecule has 96 valence electrons. The van der Waals surface area contributed by atoms with Gasteiger partial charge in [0.05, 0.1) is 0 Å². The first-order valence-electron chi connectivity index (χ1n) is 6.49. The van der Waals surface area contributed by atoms with Crippen LogP contribution < -0.4 is 5.32 Å². The zero-order chi connectivity index (χ0) is 12.5. The predicted octanol–water partition coefficient (Wildman–Crippen LogP) is 4.47. The summed E-state index contributed by atoms with van der Waals surface area (Å²) in [7, 11) is 0. The van der Waals surface area contributed by atoms with E-state index < -0.39 is 0 Å². The minimum atomic E-state index is 0.555. The lowest BCUT2D eigenvalue weighted by atomic mass is 10.0. The Morgan fingerprint density at radius 3 is 2.76 bits per heavy atom. The summed E-state index contributed by atoms with van der Waals surface area (Å²) in [5.74, 6) is 0.856. The van der Waals surface area contributed by atoms with E-state index in [0.29, 0.717) is 11.5 Å². The molecule has 1 fully saturated rings. The number of hydrogen-bond acceptors (Lipinski definition) is 2. The zero-order valence-electron chi connectivity index (χ0n) is 10.9. The van der Waals surface area contributed by atoms with Gasteiger partial charge in [-0.05, 0) is 59.1 Å². The molecular weight excluding hydrogens is 294 g/mol. The molecule has 2 atom stereocenters. The van der Waals surface area contributed by atoms with Crippen molar-refractivity contribution in [3.05, 3.63) is 20.8 Å². The van der Waals surface area contributed by atoms with Crippen LogP contribution in [-0.2, 0) is 6.42 Å². The first kappa shape index (κ1) is 13.6. The summed E-state index contributed by atoms with van der Waals surface area (Å²) in [6, 6.07) is 2.93. The van der Waals surface area contributed by atoms with E-state index in [4.69, 9.17) is 0 Å². The van der Waals surface area contributed by atoms with Gasteiger partial charge in [0.15, 0.2) is 0 Å². The van der Waals surface area contributed by atoms with Crippen LogP contribution in [0.15, 0.2) is 15.9 Å². The first-order valence-corrected chi connectivity index (χ1v) is 8.16. The third kappa shape index (κ3) is 3.55. The third-order valence-corrected chi connectivity index (χ3v) is 5.49. The highest BCUT2D eigenvalue weighted by Gasteiger charge is 2.49. The zero-order valence-corrected chi connectivity index (χ0v) is 13.3. The molecule has 1 N–H and O–H groups in total. The van der Waals surface area contributed by atoms with Crippen LogP contribution in [0.3, 0.4) is 0 Å². The van der Waals surface area contributed by atoms with Gasteiger partial charge in [-0.25, -0.2) is 0 Å². The molecule has 1 heterocycles. The Labute approximate surface area is 117 Å². The largest absolute Gasteiger partial charge is 0.313 e. The van der Waals surface area contributed by atoms with Crippen LogP contribution in [0.2, 0.25) is 0 Å². The highest BCUT2D eigenvalue weighted by atomic mass is 79.9. The van der Waals surface area contributed by atoms with Crippen LogP contribution in [-0.4, -0.2) is 12.6 Å². The highest BCUT2D eigenvalue weighted by Crippen LogP contribution is 2.54. The number of rotatable bonds is 6. The Bertz CT molecular complexity index is 372. The van der Waals surface area contributed by atoms with Crippen molar-refractivity contribution < 1.29 is 0 Å². The van der Waals surface area contributed by atoms with Crippen molar-refractivity contribution in [2.45, 2.75) is 46.1 Å². The Morgan fingerprint density at radius 1 is 1.59 bits per heavy atom. The molecule has 0 saturated heterocycles. The molecule has 1 aromatic rings. The standard InChI is InChI=1S/C14H22BrNS/c1-4-5-16-13(12-8-14(12,2)3)7-11-6-10(15)9-17-11/h6,9,12-13,16H,4-5,7-8H2,1-3H3. The molecule has 2 unspecified atom stereocenters. The van der Waals surface area contributed by atoms with Gasteiger partial charge >= 0.3 is 0 Å². The van der Waals surface area contributed by atoms with E-state index >= 15 is 0 Å². The minimum absolute atomic E-state index is 0.555. The fourth-order valence-electron chi connectivity index (χ4n) is 2.56. The Kier molecular flexibility index (Phi) is 4.32. The summed E-state index contributed by atoms with van der Waals surface area (Å²) in [6.07, 6.45) is 3.78. The van der Waals surface area contributed by atoms with E-state index in [-0.39, 0.29) is 0 Å². The van der Waals surface area contributed by atoms with Crippen LogP contribution in [0, 0.1) is 11.3 Å². The lowest BCUT2D eigenvalue weighted by Crippen LogP contribution is -2.34. The van der Waals surface area contributed by atoms with Crippen molar-refractivity contribution in [3.63, 3.8) is 0 Å². The molecule has 0 amide bonds. The smallest absolute Gasteiger partial charge is 0.0285 e. The van der Waals surface area contributed by atoms with Crippen molar-refractivity contribution in [1.82, 2.24) is 5.32 Å². The maximum atomic E-state index is 3.74. The van der Waals surface area contributed by atoms with Gasteiger partial charge in [0.2, 0.25) is 0 Å². The van der Waals surface area contributed by atoms with E-state index in [0.717, 1.165) is 12.5 Å². The van der Waals surface area contributed by atoms with Crippen molar-refractivity contribution in [1.29, 1.82) is 0 Å². The number of nitrogens with one attached hydrogen (secondary N) is 1. The summed E-state index contributed by atoms with van der Waals surface area (Å²) in [5, 5.41) is 5.92. The van der Waals surface area contributed by atoms with E-state index in [1.165, 1.54) is 28.6 Å². The van der Waals surface area contributed by atoms with Gasteiger partial charge in [0.1, 0.15) is 0 Å². The monoisotopic (exact) mass is 315 g/mol. The minimum Gasteiger partial charge on any atom is -0.313 e. The fourth-order valence-corrected chi connectivity index (χ4v) is 4.07. The van der Waals surface area contributed by atoms with Crippen molar-refractivity contribution >= 4 is 27.3 Å². The van der Waals surface area contributed by atoms with E-state index in [9.17, 15) is 0 Å². The van der Waals surface area contributed by atoms with E-state index in [1.807, 2.05) is 11.3 Å². The molecule has 0 aromatic carbocycles. The molecule has 1 aliphatic rings. The van der Waals surface area contributed by atoms with Gasteiger partial charge in [-0.1, -0.05) is 20.8 Å². The van der Waals surface area contributed by atoms with Crippen molar-refractivity contribution in [2.24, 2.45) is 11.3 Å². The van der Waals surface area contributed by atoms with Crippen LogP contribution in [0.25, 0.3) is 0 Å². The molecule has 1 aliphatic carbocycles. The van der Waals surface area contributed by atoms with Gasteiger partial charge in [-0.3, -0.25) is 0 Å². The lowest BCUT2D eigenvalue weighted by molar-refractivity contribution is 0.404. The maximum Gasteiger partial charge on any atom is 0.0285 e. The maximum absolute atomic E-state index is 3.74.